The molecule has 3 aromatic rings. The fourth-order valence-electron chi connectivity index (χ4n) is 3.50. The average molecular weight is 551 g/mol. The van der Waals surface area contributed by atoms with E-state index in [9.17, 15) is 27.9 Å². The van der Waals surface area contributed by atoms with Crippen LogP contribution >= 0.6 is 12.6 Å². The van der Waals surface area contributed by atoms with Gasteiger partial charge in [-0.1, -0.05) is 36.4 Å². The Hall–Kier alpha value is -3.93. The average Bonchev–Trinajstić information content (AvgIpc) is 2.91. The molecule has 0 aliphatic rings. The van der Waals surface area contributed by atoms with E-state index in [2.05, 4.69) is 22.9 Å². The Bertz CT molecular complexity index is 1250. The van der Waals surface area contributed by atoms with E-state index < -0.39 is 54.4 Å². The summed E-state index contributed by atoms with van der Waals surface area (Å²) in [5.41, 5.74) is 0.659. The Morgan fingerprint density at radius 1 is 1.11 bits per heavy atom. The Labute approximate surface area is 222 Å². The number of hydrogen-bond donors (Lipinski definition) is 3. The summed E-state index contributed by atoms with van der Waals surface area (Å²) in [6.07, 6.45) is -2.54. The van der Waals surface area contributed by atoms with Crippen molar-refractivity contribution in [1.29, 1.82) is 0 Å². The fraction of sp³-hybridized carbons (Fsp3) is 0.269. The number of esters is 1. The summed E-state index contributed by atoms with van der Waals surface area (Å²) >= 11 is 4.60. The highest BCUT2D eigenvalue weighted by Gasteiger charge is 2.27. The number of carbonyl (C=O) groups is 2. The van der Waals surface area contributed by atoms with E-state index in [0.29, 0.717) is 11.1 Å². The number of alkyl halides is 2. The summed E-state index contributed by atoms with van der Waals surface area (Å²) < 4.78 is 54.8. The number of methoxy groups -OCH3 is 1. The van der Waals surface area contributed by atoms with Crippen LogP contribution in [0, 0.1) is 5.82 Å². The number of rotatable bonds is 12. The molecule has 202 valence electrons. The van der Waals surface area contributed by atoms with Crippen LogP contribution in [-0.2, 0) is 16.0 Å². The van der Waals surface area contributed by atoms with E-state index in [0.717, 1.165) is 12.1 Å². The maximum absolute atomic E-state index is 13.8. The number of amides is 1. The number of thiol groups is 1. The number of benzene rings is 2. The van der Waals surface area contributed by atoms with Crippen molar-refractivity contribution >= 4 is 24.5 Å². The second-order valence-electron chi connectivity index (χ2n) is 7.94. The lowest BCUT2D eigenvalue weighted by molar-refractivity contribution is -0.147. The molecule has 8 nitrogen and oxygen atoms in total. The predicted octanol–water partition coefficient (Wildman–Crippen LogP) is 4.13. The van der Waals surface area contributed by atoms with Crippen molar-refractivity contribution in [3.8, 4) is 17.2 Å². The number of hydrogen-bond acceptors (Lipinski definition) is 8. The molecule has 1 aromatic heterocycles. The third kappa shape index (κ3) is 7.78. The van der Waals surface area contributed by atoms with E-state index in [1.807, 2.05) is 0 Å². The molecule has 12 heteroatoms. The number of pyridine rings is 1. The smallest absolute Gasteiger partial charge is 0.325 e. The maximum Gasteiger partial charge on any atom is 0.325 e. The van der Waals surface area contributed by atoms with Gasteiger partial charge in [0.25, 0.3) is 12.3 Å². The molecule has 0 bridgehead atoms. The van der Waals surface area contributed by atoms with Crippen molar-refractivity contribution in [2.45, 2.75) is 24.2 Å². The molecule has 0 radical (unpaired) electrons. The van der Waals surface area contributed by atoms with E-state index >= 15 is 0 Å². The first-order valence-electron chi connectivity index (χ1n) is 11.3. The zero-order chi connectivity index (χ0) is 27.7. The van der Waals surface area contributed by atoms with Crippen LogP contribution in [-0.4, -0.2) is 54.8 Å². The summed E-state index contributed by atoms with van der Waals surface area (Å²) in [4.78, 5) is 28.9. The van der Waals surface area contributed by atoms with Crippen molar-refractivity contribution in [2.24, 2.45) is 0 Å². The number of aromatic hydroxyl groups is 1. The van der Waals surface area contributed by atoms with Gasteiger partial charge in [-0.25, -0.2) is 18.2 Å². The predicted molar refractivity (Wildman–Crippen MR) is 134 cm³/mol. The SMILES string of the molecule is COc1ccnc(C(=O)NCC(=O)OC(Cc2ccc(F)cc2OCC(F)F)C(S)c2ccccc2)c1O. The van der Waals surface area contributed by atoms with Crippen molar-refractivity contribution < 1.29 is 42.1 Å². The normalized spacial score (nSPS) is 12.5. The monoisotopic (exact) mass is 550 g/mol. The first kappa shape index (κ1) is 28.6. The Kier molecular flexibility index (Phi) is 10.2. The van der Waals surface area contributed by atoms with Gasteiger partial charge in [0.1, 0.15) is 30.8 Å². The molecule has 38 heavy (non-hydrogen) atoms. The molecule has 0 aliphatic heterocycles. The van der Waals surface area contributed by atoms with Crippen LogP contribution in [0.3, 0.4) is 0 Å². The second kappa shape index (κ2) is 13.6. The van der Waals surface area contributed by atoms with Gasteiger partial charge in [0, 0.05) is 24.8 Å². The molecule has 2 unspecified atom stereocenters. The lowest BCUT2D eigenvalue weighted by Gasteiger charge is -2.25. The number of ether oxygens (including phenoxy) is 3. The summed E-state index contributed by atoms with van der Waals surface area (Å²) in [5, 5.41) is 11.7. The van der Waals surface area contributed by atoms with Crippen molar-refractivity contribution in [3.63, 3.8) is 0 Å². The molecule has 2 N–H and O–H groups in total. The topological polar surface area (TPSA) is 107 Å². The molecule has 0 fully saturated rings. The Morgan fingerprint density at radius 3 is 2.53 bits per heavy atom. The lowest BCUT2D eigenvalue weighted by atomic mass is 9.99. The minimum Gasteiger partial charge on any atom is -0.503 e. The lowest BCUT2D eigenvalue weighted by Crippen LogP contribution is -2.35. The van der Waals surface area contributed by atoms with Crippen LogP contribution in [0.5, 0.6) is 17.2 Å². The third-order valence-corrected chi connectivity index (χ3v) is 5.94. The zero-order valence-corrected chi connectivity index (χ0v) is 21.0. The summed E-state index contributed by atoms with van der Waals surface area (Å²) in [6.45, 7) is -1.53. The van der Waals surface area contributed by atoms with Gasteiger partial charge in [0.15, 0.2) is 17.2 Å². The minimum atomic E-state index is -2.77. The molecule has 2 atom stereocenters. The molecule has 0 aliphatic carbocycles. The van der Waals surface area contributed by atoms with Crippen molar-refractivity contribution in [1.82, 2.24) is 10.3 Å². The Balaban J connectivity index is 1.77. The quantitative estimate of drug-likeness (QED) is 0.230. The van der Waals surface area contributed by atoms with Gasteiger partial charge in [0.05, 0.1) is 12.4 Å². The van der Waals surface area contributed by atoms with Crippen LogP contribution in [0.1, 0.15) is 26.9 Å². The third-order valence-electron chi connectivity index (χ3n) is 5.31. The van der Waals surface area contributed by atoms with Gasteiger partial charge in [-0.15, -0.1) is 0 Å². The molecule has 2 aromatic carbocycles. The van der Waals surface area contributed by atoms with Gasteiger partial charge >= 0.3 is 5.97 Å². The number of nitrogens with one attached hydrogen (secondary N) is 1. The van der Waals surface area contributed by atoms with Gasteiger partial charge in [-0.05, 0) is 17.2 Å². The molecule has 3 rings (SSSR count). The molecule has 0 saturated carbocycles. The highest BCUT2D eigenvalue weighted by Crippen LogP contribution is 2.32. The molecule has 1 heterocycles. The van der Waals surface area contributed by atoms with E-state index in [-0.39, 0.29) is 23.6 Å². The largest absolute Gasteiger partial charge is 0.503 e. The van der Waals surface area contributed by atoms with Gasteiger partial charge < -0.3 is 24.6 Å². The van der Waals surface area contributed by atoms with Gasteiger partial charge in [0.2, 0.25) is 0 Å². The molecular formula is C26H25F3N2O6S. The highest BCUT2D eigenvalue weighted by molar-refractivity contribution is 7.80. The molecule has 1 amide bonds. The van der Waals surface area contributed by atoms with Crippen LogP contribution in [0.15, 0.2) is 60.8 Å². The first-order valence-corrected chi connectivity index (χ1v) is 11.8. The van der Waals surface area contributed by atoms with Crippen LogP contribution in [0.25, 0.3) is 0 Å². The van der Waals surface area contributed by atoms with Crippen LogP contribution in [0.2, 0.25) is 0 Å². The van der Waals surface area contributed by atoms with E-state index in [1.54, 1.807) is 30.3 Å². The number of nitrogens with zero attached hydrogens (tertiary/aromatic N) is 1. The first-order chi connectivity index (χ1) is 18.2. The highest BCUT2D eigenvalue weighted by atomic mass is 32.1. The fourth-order valence-corrected chi connectivity index (χ4v) is 3.84. The van der Waals surface area contributed by atoms with Gasteiger partial charge in [-0.2, -0.15) is 12.6 Å². The van der Waals surface area contributed by atoms with E-state index in [4.69, 9.17) is 14.2 Å². The van der Waals surface area contributed by atoms with Crippen LogP contribution in [0.4, 0.5) is 13.2 Å². The maximum atomic E-state index is 13.8. The summed E-state index contributed by atoms with van der Waals surface area (Å²) in [5.74, 6) is -2.97. The van der Waals surface area contributed by atoms with Crippen LogP contribution < -0.4 is 14.8 Å². The number of carbonyl (C=O) groups excluding carboxylic acids is 2. The van der Waals surface area contributed by atoms with Gasteiger partial charge in [-0.3, -0.25) is 9.59 Å². The molecular weight excluding hydrogens is 525 g/mol. The number of aromatic nitrogens is 1. The zero-order valence-electron chi connectivity index (χ0n) is 20.1. The minimum absolute atomic E-state index is 0.0257. The summed E-state index contributed by atoms with van der Waals surface area (Å²) in [7, 11) is 1.31. The Morgan fingerprint density at radius 2 is 1.84 bits per heavy atom. The van der Waals surface area contributed by atoms with Crippen molar-refractivity contribution in [2.75, 3.05) is 20.3 Å². The van der Waals surface area contributed by atoms with E-state index in [1.165, 1.54) is 25.4 Å². The second-order valence-corrected chi connectivity index (χ2v) is 8.49. The molecule has 0 saturated heterocycles. The number of halogens is 3. The summed E-state index contributed by atoms with van der Waals surface area (Å²) in [6, 6.07) is 13.7. The molecule has 0 spiro atoms. The van der Waals surface area contributed by atoms with Crippen molar-refractivity contribution in [3.05, 3.63) is 83.4 Å². The standard InChI is InChI=1S/C26H25F3N2O6S/c1-35-18-9-10-30-23(24(18)33)26(34)31-13-22(32)37-20(25(38)15-5-3-2-4-6-15)11-16-7-8-17(27)12-19(16)36-14-21(28)29/h2-10,12,20-21,25,33,38H,11,13-14H2,1H3,(H,31,34).